The molecule has 1 aromatic heterocycles. The maximum atomic E-state index is 6.01. The highest BCUT2D eigenvalue weighted by Crippen LogP contribution is 2.15. The third kappa shape index (κ3) is 4.49. The highest BCUT2D eigenvalue weighted by atomic mass is 32.1. The molecule has 0 atom stereocenters. The molecular formula is C12H22OSSi. The lowest BCUT2D eigenvalue weighted by molar-refractivity contribution is 0.0166. The Balaban J connectivity index is 2.28. The van der Waals surface area contributed by atoms with Crippen molar-refractivity contribution in [1.82, 2.24) is 0 Å². The van der Waals surface area contributed by atoms with Gasteiger partial charge < -0.3 is 4.74 Å². The van der Waals surface area contributed by atoms with Gasteiger partial charge in [-0.2, -0.15) is 11.3 Å². The van der Waals surface area contributed by atoms with E-state index in [9.17, 15) is 0 Å². The first-order valence-corrected chi connectivity index (χ1v) is 8.34. The van der Waals surface area contributed by atoms with Gasteiger partial charge in [0.1, 0.15) is 0 Å². The zero-order chi connectivity index (χ0) is 11.3. The Labute approximate surface area is 99.7 Å². The zero-order valence-electron chi connectivity index (χ0n) is 10.2. The molecule has 0 saturated heterocycles. The Bertz CT molecular complexity index is 249. The molecule has 0 bridgehead atoms. The Hall–Kier alpha value is -0.123. The van der Waals surface area contributed by atoms with Crippen LogP contribution in [0.1, 0.15) is 27.7 Å². The van der Waals surface area contributed by atoms with Gasteiger partial charge in [-0.15, -0.1) is 0 Å². The molecule has 0 aliphatic heterocycles. The van der Waals surface area contributed by atoms with Gasteiger partial charge >= 0.3 is 0 Å². The summed E-state index contributed by atoms with van der Waals surface area (Å²) in [7, 11) is -0.180. The Morgan fingerprint density at radius 1 is 1.27 bits per heavy atom. The van der Waals surface area contributed by atoms with E-state index in [-0.39, 0.29) is 9.52 Å². The van der Waals surface area contributed by atoms with Crippen molar-refractivity contribution >= 4 is 25.4 Å². The summed E-state index contributed by atoms with van der Waals surface area (Å²) < 4.78 is 7.56. The van der Waals surface area contributed by atoms with E-state index in [1.165, 1.54) is 0 Å². The van der Waals surface area contributed by atoms with E-state index in [2.05, 4.69) is 45.2 Å². The van der Waals surface area contributed by atoms with Crippen molar-refractivity contribution in [2.75, 3.05) is 6.23 Å². The Kier molecular flexibility index (Phi) is 5.57. The van der Waals surface area contributed by atoms with Crippen LogP contribution in [0.5, 0.6) is 0 Å². The molecule has 0 aromatic carbocycles. The number of rotatable bonds is 6. The minimum atomic E-state index is -0.180. The van der Waals surface area contributed by atoms with E-state index < -0.39 is 0 Å². The standard InChI is InChI=1S/C12H22OSSi/c1-9(2)12(10(3)4)13-8-15-11-6-5-7-14-11/h5-7,9-10,12H,8,15H2,1-4H3. The third-order valence-electron chi connectivity index (χ3n) is 2.55. The van der Waals surface area contributed by atoms with Gasteiger partial charge in [0.25, 0.3) is 0 Å². The molecule has 0 spiro atoms. The van der Waals surface area contributed by atoms with E-state index in [0.29, 0.717) is 17.9 Å². The second-order valence-corrected chi connectivity index (χ2v) is 7.87. The molecule has 1 aromatic rings. The van der Waals surface area contributed by atoms with Crippen LogP contribution in [0.2, 0.25) is 0 Å². The number of hydrogen-bond donors (Lipinski definition) is 0. The molecule has 0 amide bonds. The molecule has 0 aliphatic rings. The van der Waals surface area contributed by atoms with Crippen LogP contribution in [0.25, 0.3) is 0 Å². The SMILES string of the molecule is CC(C)C(OC[SiH2]c1cccs1)C(C)C. The van der Waals surface area contributed by atoms with Crippen LogP contribution in [-0.2, 0) is 4.74 Å². The van der Waals surface area contributed by atoms with E-state index in [1.807, 2.05) is 11.3 Å². The molecule has 0 saturated carbocycles. The van der Waals surface area contributed by atoms with Gasteiger partial charge in [0.2, 0.25) is 0 Å². The van der Waals surface area contributed by atoms with Crippen molar-refractivity contribution in [3.8, 4) is 0 Å². The van der Waals surface area contributed by atoms with E-state index in [4.69, 9.17) is 4.74 Å². The maximum Gasteiger partial charge on any atom is 0.0975 e. The summed E-state index contributed by atoms with van der Waals surface area (Å²) in [4.78, 5) is 0. The lowest BCUT2D eigenvalue weighted by Gasteiger charge is -2.25. The highest BCUT2D eigenvalue weighted by Gasteiger charge is 2.17. The topological polar surface area (TPSA) is 9.23 Å². The van der Waals surface area contributed by atoms with Gasteiger partial charge in [0.05, 0.1) is 15.6 Å². The summed E-state index contributed by atoms with van der Waals surface area (Å²) in [6, 6.07) is 4.37. The molecular weight excluding hydrogens is 220 g/mol. The minimum absolute atomic E-state index is 0.180. The largest absolute Gasteiger partial charge is 0.381 e. The van der Waals surface area contributed by atoms with Crippen LogP contribution >= 0.6 is 11.3 Å². The predicted octanol–water partition coefficient (Wildman–Crippen LogP) is 2.20. The summed E-state index contributed by atoms with van der Waals surface area (Å²) in [5, 5.41) is 2.16. The molecule has 0 radical (unpaired) electrons. The second-order valence-electron chi connectivity index (χ2n) is 4.65. The average molecular weight is 242 g/mol. The minimum Gasteiger partial charge on any atom is -0.381 e. The molecule has 1 nitrogen and oxygen atoms in total. The molecule has 86 valence electrons. The molecule has 1 heterocycles. The molecule has 0 unspecified atom stereocenters. The molecule has 0 aliphatic carbocycles. The monoisotopic (exact) mass is 242 g/mol. The van der Waals surface area contributed by atoms with Crippen molar-refractivity contribution < 1.29 is 4.74 Å². The summed E-state index contributed by atoms with van der Waals surface area (Å²) in [5.74, 6) is 1.25. The lowest BCUT2D eigenvalue weighted by atomic mass is 9.96. The van der Waals surface area contributed by atoms with Gasteiger partial charge in [-0.1, -0.05) is 39.8 Å². The molecule has 3 heteroatoms. The number of ether oxygens (including phenoxy) is 1. The van der Waals surface area contributed by atoms with Crippen molar-refractivity contribution in [1.29, 1.82) is 0 Å². The Morgan fingerprint density at radius 3 is 2.40 bits per heavy atom. The van der Waals surface area contributed by atoms with E-state index in [1.54, 1.807) is 4.50 Å². The van der Waals surface area contributed by atoms with Crippen LogP contribution in [-0.4, -0.2) is 21.9 Å². The summed E-state index contributed by atoms with van der Waals surface area (Å²) in [6.07, 6.45) is 1.42. The fourth-order valence-corrected chi connectivity index (χ4v) is 4.30. The lowest BCUT2D eigenvalue weighted by Crippen LogP contribution is -2.29. The first kappa shape index (κ1) is 12.9. The summed E-state index contributed by atoms with van der Waals surface area (Å²) >= 11 is 1.87. The van der Waals surface area contributed by atoms with Crippen molar-refractivity contribution in [2.45, 2.75) is 33.8 Å². The van der Waals surface area contributed by atoms with Crippen LogP contribution in [0, 0.1) is 11.8 Å². The van der Waals surface area contributed by atoms with Crippen molar-refractivity contribution in [3.63, 3.8) is 0 Å². The van der Waals surface area contributed by atoms with Crippen LogP contribution in [0.4, 0.5) is 0 Å². The fourth-order valence-electron chi connectivity index (χ4n) is 1.91. The molecule has 0 fully saturated rings. The van der Waals surface area contributed by atoms with Gasteiger partial charge in [0.15, 0.2) is 0 Å². The first-order valence-electron chi connectivity index (χ1n) is 5.75. The van der Waals surface area contributed by atoms with E-state index in [0.717, 1.165) is 6.23 Å². The normalized spacial score (nSPS) is 12.7. The van der Waals surface area contributed by atoms with Crippen molar-refractivity contribution in [3.05, 3.63) is 17.5 Å². The second kappa shape index (κ2) is 6.46. The number of hydrogen-bond acceptors (Lipinski definition) is 2. The van der Waals surface area contributed by atoms with Crippen LogP contribution in [0.3, 0.4) is 0 Å². The van der Waals surface area contributed by atoms with Gasteiger partial charge in [-0.3, -0.25) is 0 Å². The highest BCUT2D eigenvalue weighted by molar-refractivity contribution is 7.19. The quantitative estimate of drug-likeness (QED) is 0.695. The predicted molar refractivity (Wildman–Crippen MR) is 71.9 cm³/mol. The van der Waals surface area contributed by atoms with Gasteiger partial charge in [0, 0.05) is 6.23 Å². The zero-order valence-corrected chi connectivity index (χ0v) is 12.4. The first-order chi connectivity index (χ1) is 7.11. The average Bonchev–Trinajstić information content (AvgIpc) is 2.63. The third-order valence-corrected chi connectivity index (χ3v) is 5.57. The summed E-state index contributed by atoms with van der Waals surface area (Å²) in [6.45, 7) is 8.99. The van der Waals surface area contributed by atoms with Gasteiger partial charge in [-0.25, -0.2) is 0 Å². The maximum absolute atomic E-state index is 6.01. The molecule has 0 N–H and O–H groups in total. The smallest absolute Gasteiger partial charge is 0.0975 e. The van der Waals surface area contributed by atoms with Crippen LogP contribution < -0.4 is 4.50 Å². The van der Waals surface area contributed by atoms with Gasteiger partial charge in [-0.05, 0) is 21.7 Å². The van der Waals surface area contributed by atoms with Crippen molar-refractivity contribution in [2.24, 2.45) is 11.8 Å². The Morgan fingerprint density at radius 2 is 1.93 bits per heavy atom. The summed E-state index contributed by atoms with van der Waals surface area (Å²) in [5.41, 5.74) is 0. The van der Waals surface area contributed by atoms with Crippen LogP contribution in [0.15, 0.2) is 17.5 Å². The fraction of sp³-hybridized carbons (Fsp3) is 0.667. The van der Waals surface area contributed by atoms with E-state index >= 15 is 0 Å². The molecule has 1 rings (SSSR count). The number of thiophene rings is 1. The molecule has 15 heavy (non-hydrogen) atoms.